The molecule has 0 saturated carbocycles. The van der Waals surface area contributed by atoms with Gasteiger partial charge in [0.25, 0.3) is 0 Å². The molecule has 0 amide bonds. The molecule has 2 unspecified atom stereocenters. The summed E-state index contributed by atoms with van der Waals surface area (Å²) in [4.78, 5) is 8.40. The molecule has 2 heterocycles. The molecule has 2 atom stereocenters. The molecule has 0 aromatic carbocycles. The molecule has 0 spiro atoms. The zero-order valence-electron chi connectivity index (χ0n) is 11.1. The normalized spacial score (nSPS) is 25.2. The van der Waals surface area contributed by atoms with E-state index in [9.17, 15) is 0 Å². The lowest BCUT2D eigenvalue weighted by Gasteiger charge is -2.37. The van der Waals surface area contributed by atoms with E-state index in [1.165, 1.54) is 29.4 Å². The summed E-state index contributed by atoms with van der Waals surface area (Å²) in [5.41, 5.74) is 0. The van der Waals surface area contributed by atoms with Crippen molar-refractivity contribution >= 4 is 16.5 Å². The van der Waals surface area contributed by atoms with Crippen LogP contribution in [0.2, 0.25) is 0 Å². The van der Waals surface area contributed by atoms with Crippen molar-refractivity contribution in [2.24, 2.45) is 5.92 Å². The van der Waals surface area contributed by atoms with E-state index in [0.717, 1.165) is 19.0 Å². The minimum absolute atomic E-state index is 0.627. The summed E-state index contributed by atoms with van der Waals surface area (Å²) in [5.74, 6) is 0.782. The Morgan fingerprint density at radius 2 is 2.35 bits per heavy atom. The molecule has 3 nitrogen and oxygen atoms in total. The van der Waals surface area contributed by atoms with Crippen LogP contribution in [0, 0.1) is 5.92 Å². The van der Waals surface area contributed by atoms with Gasteiger partial charge in [0.1, 0.15) is 0 Å². The van der Waals surface area contributed by atoms with Crippen molar-refractivity contribution in [3.8, 4) is 0 Å². The predicted octanol–water partition coefficient (Wildman–Crippen LogP) is 2.88. The van der Waals surface area contributed by atoms with Gasteiger partial charge in [0.2, 0.25) is 0 Å². The van der Waals surface area contributed by atoms with Gasteiger partial charge < -0.3 is 10.2 Å². The molecule has 1 N–H and O–H groups in total. The fourth-order valence-electron chi connectivity index (χ4n) is 2.37. The zero-order chi connectivity index (χ0) is 12.3. The second kappa shape index (κ2) is 5.83. The Labute approximate surface area is 108 Å². The molecule has 0 bridgehead atoms. The van der Waals surface area contributed by atoms with Crippen LogP contribution in [0.15, 0.2) is 6.20 Å². The van der Waals surface area contributed by atoms with E-state index in [0.29, 0.717) is 6.04 Å². The molecule has 4 heteroatoms. The highest BCUT2D eigenvalue weighted by Crippen LogP contribution is 2.31. The lowest BCUT2D eigenvalue weighted by molar-refractivity contribution is 0.363. The van der Waals surface area contributed by atoms with Gasteiger partial charge in [-0.2, -0.15) is 0 Å². The Bertz CT molecular complexity index is 350. The van der Waals surface area contributed by atoms with Gasteiger partial charge >= 0.3 is 0 Å². The van der Waals surface area contributed by atoms with Crippen molar-refractivity contribution in [2.75, 3.05) is 18.0 Å². The Hall–Kier alpha value is -0.610. The van der Waals surface area contributed by atoms with E-state index in [1.54, 1.807) is 0 Å². The third-order valence-electron chi connectivity index (χ3n) is 3.71. The largest absolute Gasteiger partial charge is 0.345 e. The van der Waals surface area contributed by atoms with Crippen molar-refractivity contribution in [2.45, 2.75) is 46.2 Å². The van der Waals surface area contributed by atoms with Gasteiger partial charge in [0.15, 0.2) is 5.13 Å². The quantitative estimate of drug-likeness (QED) is 0.894. The fourth-order valence-corrected chi connectivity index (χ4v) is 3.36. The molecule has 1 aliphatic heterocycles. The second-order valence-corrected chi connectivity index (χ2v) is 6.04. The number of thiazole rings is 1. The number of anilines is 1. The average molecular weight is 253 g/mol. The van der Waals surface area contributed by atoms with Crippen molar-refractivity contribution < 1.29 is 0 Å². The highest BCUT2D eigenvalue weighted by atomic mass is 32.1. The van der Waals surface area contributed by atoms with E-state index in [-0.39, 0.29) is 0 Å². The summed E-state index contributed by atoms with van der Waals surface area (Å²) in [6.07, 6.45) is 4.68. The Morgan fingerprint density at radius 3 is 3.12 bits per heavy atom. The van der Waals surface area contributed by atoms with Crippen LogP contribution < -0.4 is 10.2 Å². The smallest absolute Gasteiger partial charge is 0.185 e. The lowest BCUT2D eigenvalue weighted by Crippen LogP contribution is -2.42. The first-order chi connectivity index (χ1) is 8.22. The van der Waals surface area contributed by atoms with Gasteiger partial charge in [0.05, 0.1) is 0 Å². The number of piperidine rings is 1. The van der Waals surface area contributed by atoms with Gasteiger partial charge in [-0.3, -0.25) is 0 Å². The number of hydrogen-bond donors (Lipinski definition) is 1. The maximum atomic E-state index is 4.58. The van der Waals surface area contributed by atoms with Crippen molar-refractivity contribution in [1.29, 1.82) is 0 Å². The van der Waals surface area contributed by atoms with E-state index >= 15 is 0 Å². The lowest BCUT2D eigenvalue weighted by atomic mass is 9.93. The molecule has 2 rings (SSSR count). The first-order valence-corrected chi connectivity index (χ1v) is 7.46. The molecule has 0 aliphatic carbocycles. The summed E-state index contributed by atoms with van der Waals surface area (Å²) in [6, 6.07) is 0.627. The SMILES string of the molecule is CCNCc1cnc(N2CCCC(C)C2C)s1. The van der Waals surface area contributed by atoms with Crippen LogP contribution in [0.25, 0.3) is 0 Å². The van der Waals surface area contributed by atoms with E-state index in [4.69, 9.17) is 0 Å². The molecule has 0 radical (unpaired) electrons. The third kappa shape index (κ3) is 2.99. The summed E-state index contributed by atoms with van der Waals surface area (Å²) in [5, 5.41) is 4.56. The van der Waals surface area contributed by atoms with Gasteiger partial charge in [-0.25, -0.2) is 4.98 Å². The number of rotatable bonds is 4. The molecule has 1 aliphatic rings. The summed E-state index contributed by atoms with van der Waals surface area (Å²) >= 11 is 1.84. The predicted molar refractivity (Wildman–Crippen MR) is 74.7 cm³/mol. The zero-order valence-corrected chi connectivity index (χ0v) is 11.9. The molecule has 1 saturated heterocycles. The Morgan fingerprint density at radius 1 is 1.53 bits per heavy atom. The standard InChI is InChI=1S/C13H23N3S/c1-4-14-8-12-9-15-13(17-12)16-7-5-6-10(2)11(16)3/h9-11,14H,4-8H2,1-3H3. The topological polar surface area (TPSA) is 28.2 Å². The number of nitrogens with zero attached hydrogens (tertiary/aromatic N) is 2. The molecule has 17 heavy (non-hydrogen) atoms. The Balaban J connectivity index is 2.03. The van der Waals surface area contributed by atoms with Gasteiger partial charge in [-0.15, -0.1) is 11.3 Å². The maximum absolute atomic E-state index is 4.58. The highest BCUT2D eigenvalue weighted by Gasteiger charge is 2.26. The Kier molecular flexibility index (Phi) is 4.40. The molecular formula is C13H23N3S. The number of nitrogens with one attached hydrogen (secondary N) is 1. The van der Waals surface area contributed by atoms with Crippen LogP contribution in [0.4, 0.5) is 5.13 Å². The fraction of sp³-hybridized carbons (Fsp3) is 0.769. The van der Waals surface area contributed by atoms with Crippen LogP contribution in [-0.2, 0) is 6.54 Å². The molecule has 96 valence electrons. The van der Waals surface area contributed by atoms with Crippen LogP contribution in [0.5, 0.6) is 0 Å². The minimum Gasteiger partial charge on any atom is -0.345 e. The summed E-state index contributed by atoms with van der Waals surface area (Å²) in [6.45, 7) is 9.95. The van der Waals surface area contributed by atoms with Crippen molar-refractivity contribution in [1.82, 2.24) is 10.3 Å². The van der Waals surface area contributed by atoms with Crippen molar-refractivity contribution in [3.63, 3.8) is 0 Å². The molecular weight excluding hydrogens is 230 g/mol. The first kappa shape index (κ1) is 12.8. The monoisotopic (exact) mass is 253 g/mol. The molecule has 1 aromatic rings. The number of aromatic nitrogens is 1. The van der Waals surface area contributed by atoms with Crippen molar-refractivity contribution in [3.05, 3.63) is 11.1 Å². The molecule has 1 aromatic heterocycles. The van der Waals surface area contributed by atoms with Crippen LogP contribution in [-0.4, -0.2) is 24.1 Å². The third-order valence-corrected chi connectivity index (χ3v) is 4.74. The van der Waals surface area contributed by atoms with Crippen LogP contribution >= 0.6 is 11.3 Å². The van der Waals surface area contributed by atoms with E-state index in [2.05, 4.69) is 36.0 Å². The average Bonchev–Trinajstić information content (AvgIpc) is 2.78. The molecule has 1 fully saturated rings. The van der Waals surface area contributed by atoms with Crippen LogP contribution in [0.3, 0.4) is 0 Å². The highest BCUT2D eigenvalue weighted by molar-refractivity contribution is 7.15. The van der Waals surface area contributed by atoms with Crippen LogP contribution in [0.1, 0.15) is 38.5 Å². The number of hydrogen-bond acceptors (Lipinski definition) is 4. The summed E-state index contributed by atoms with van der Waals surface area (Å²) < 4.78 is 0. The van der Waals surface area contributed by atoms with Gasteiger partial charge in [0, 0.05) is 30.2 Å². The first-order valence-electron chi connectivity index (χ1n) is 6.64. The summed E-state index contributed by atoms with van der Waals surface area (Å²) in [7, 11) is 0. The van der Waals surface area contributed by atoms with Gasteiger partial charge in [-0.1, -0.05) is 13.8 Å². The maximum Gasteiger partial charge on any atom is 0.185 e. The van der Waals surface area contributed by atoms with E-state index in [1.807, 2.05) is 17.5 Å². The van der Waals surface area contributed by atoms with Gasteiger partial charge in [-0.05, 0) is 32.2 Å². The second-order valence-electron chi connectivity index (χ2n) is 4.94. The van der Waals surface area contributed by atoms with E-state index < -0.39 is 0 Å². The minimum atomic E-state index is 0.627.